The van der Waals surface area contributed by atoms with Crippen molar-refractivity contribution in [2.24, 2.45) is 7.05 Å². The molecule has 6 heteroatoms. The van der Waals surface area contributed by atoms with E-state index in [9.17, 15) is 9.18 Å². The molecule has 0 atom stereocenters. The highest BCUT2D eigenvalue weighted by atomic mass is 19.1. The lowest BCUT2D eigenvalue weighted by Crippen LogP contribution is -2.07. The molecule has 3 rings (SSSR count). The van der Waals surface area contributed by atoms with Crippen LogP contribution in [0.4, 0.5) is 10.1 Å². The molecule has 1 aromatic heterocycles. The number of imidazole rings is 1. The van der Waals surface area contributed by atoms with Gasteiger partial charge in [-0.1, -0.05) is 11.8 Å². The summed E-state index contributed by atoms with van der Waals surface area (Å²) in [5.41, 5.74) is 9.39. The van der Waals surface area contributed by atoms with E-state index in [1.54, 1.807) is 48.3 Å². The molecule has 5 nitrogen and oxygen atoms in total. The summed E-state index contributed by atoms with van der Waals surface area (Å²) in [4.78, 5) is 16.5. The number of nitrogens with two attached hydrogens (primary N) is 1. The molecule has 27 heavy (non-hydrogen) atoms. The summed E-state index contributed by atoms with van der Waals surface area (Å²) in [5.74, 6) is 5.11. The SMILES string of the molecule is CCOC(=O)c1cc(C#Cc2ccc(F)cc2)c(N)c(-c2cn(C)cn2)c1. The average molecular weight is 363 g/mol. The van der Waals surface area contributed by atoms with E-state index in [0.717, 1.165) is 0 Å². The van der Waals surface area contributed by atoms with Crippen molar-refractivity contribution in [3.8, 4) is 23.1 Å². The van der Waals surface area contributed by atoms with Crippen molar-refractivity contribution in [2.45, 2.75) is 6.92 Å². The lowest BCUT2D eigenvalue weighted by atomic mass is 10.0. The van der Waals surface area contributed by atoms with Gasteiger partial charge >= 0.3 is 5.97 Å². The minimum Gasteiger partial charge on any atom is -0.462 e. The quantitative estimate of drug-likeness (QED) is 0.440. The fourth-order valence-corrected chi connectivity index (χ4v) is 2.53. The topological polar surface area (TPSA) is 70.1 Å². The number of hydrogen-bond acceptors (Lipinski definition) is 4. The fraction of sp³-hybridized carbons (Fsp3) is 0.143. The summed E-state index contributed by atoms with van der Waals surface area (Å²) >= 11 is 0. The monoisotopic (exact) mass is 363 g/mol. The third kappa shape index (κ3) is 4.15. The maximum absolute atomic E-state index is 13.0. The zero-order chi connectivity index (χ0) is 19.4. The van der Waals surface area contributed by atoms with Crippen LogP contribution >= 0.6 is 0 Å². The molecule has 0 aliphatic heterocycles. The van der Waals surface area contributed by atoms with Gasteiger partial charge in [0.1, 0.15) is 5.82 Å². The van der Waals surface area contributed by atoms with E-state index in [-0.39, 0.29) is 12.4 Å². The van der Waals surface area contributed by atoms with Gasteiger partial charge in [-0.15, -0.1) is 0 Å². The summed E-state index contributed by atoms with van der Waals surface area (Å²) in [6.07, 6.45) is 3.45. The van der Waals surface area contributed by atoms with Crippen molar-refractivity contribution in [3.63, 3.8) is 0 Å². The number of aryl methyl sites for hydroxylation is 1. The number of benzene rings is 2. The van der Waals surface area contributed by atoms with Gasteiger partial charge in [-0.3, -0.25) is 0 Å². The molecule has 0 saturated heterocycles. The maximum atomic E-state index is 13.0. The minimum absolute atomic E-state index is 0.263. The molecule has 0 bridgehead atoms. The highest BCUT2D eigenvalue weighted by Gasteiger charge is 2.15. The van der Waals surface area contributed by atoms with Crippen LogP contribution < -0.4 is 5.73 Å². The molecule has 0 radical (unpaired) electrons. The van der Waals surface area contributed by atoms with Gasteiger partial charge in [0, 0.05) is 29.9 Å². The van der Waals surface area contributed by atoms with Crippen molar-refractivity contribution in [3.05, 3.63) is 71.4 Å². The van der Waals surface area contributed by atoms with Gasteiger partial charge < -0.3 is 15.0 Å². The number of aromatic nitrogens is 2. The Morgan fingerprint density at radius 2 is 2.00 bits per heavy atom. The third-order valence-electron chi connectivity index (χ3n) is 3.86. The molecule has 2 aromatic carbocycles. The first-order chi connectivity index (χ1) is 13.0. The normalized spacial score (nSPS) is 10.2. The van der Waals surface area contributed by atoms with Gasteiger partial charge in [-0.2, -0.15) is 0 Å². The van der Waals surface area contributed by atoms with Crippen LogP contribution in [0.5, 0.6) is 0 Å². The summed E-state index contributed by atoms with van der Waals surface area (Å²) in [6.45, 7) is 2.00. The number of carbonyl (C=O) groups excluding carboxylic acids is 1. The van der Waals surface area contributed by atoms with Crippen LogP contribution in [0.2, 0.25) is 0 Å². The molecule has 0 aliphatic carbocycles. The Bertz CT molecular complexity index is 1040. The van der Waals surface area contributed by atoms with Crippen molar-refractivity contribution in [1.82, 2.24) is 9.55 Å². The van der Waals surface area contributed by atoms with Crippen LogP contribution in [0.3, 0.4) is 0 Å². The molecule has 0 aliphatic rings. The average Bonchev–Trinajstić information content (AvgIpc) is 3.08. The predicted molar refractivity (Wildman–Crippen MR) is 101 cm³/mol. The molecular weight excluding hydrogens is 345 g/mol. The van der Waals surface area contributed by atoms with E-state index < -0.39 is 5.97 Å². The van der Waals surface area contributed by atoms with Crippen LogP contribution in [0.1, 0.15) is 28.4 Å². The Labute approximate surface area is 156 Å². The number of esters is 1. The number of anilines is 1. The van der Waals surface area contributed by atoms with E-state index in [2.05, 4.69) is 16.8 Å². The third-order valence-corrected chi connectivity index (χ3v) is 3.86. The number of halogens is 1. The lowest BCUT2D eigenvalue weighted by molar-refractivity contribution is 0.0526. The number of rotatable bonds is 3. The second-order valence-corrected chi connectivity index (χ2v) is 5.89. The number of nitrogens with zero attached hydrogens (tertiary/aromatic N) is 2. The van der Waals surface area contributed by atoms with Crippen molar-refractivity contribution in [2.75, 3.05) is 12.3 Å². The van der Waals surface area contributed by atoms with E-state index in [4.69, 9.17) is 10.5 Å². The van der Waals surface area contributed by atoms with Crippen molar-refractivity contribution in [1.29, 1.82) is 0 Å². The maximum Gasteiger partial charge on any atom is 0.338 e. The van der Waals surface area contributed by atoms with Crippen LogP contribution in [-0.4, -0.2) is 22.1 Å². The molecule has 0 spiro atoms. The molecule has 0 amide bonds. The first kappa shape index (κ1) is 18.2. The van der Waals surface area contributed by atoms with Gasteiger partial charge in [0.25, 0.3) is 0 Å². The molecular formula is C21H18FN3O2. The Hall–Kier alpha value is -3.59. The summed E-state index contributed by atoms with van der Waals surface area (Å²) in [7, 11) is 1.84. The number of nitrogen functional groups attached to an aromatic ring is 1. The first-order valence-electron chi connectivity index (χ1n) is 8.34. The minimum atomic E-state index is -0.459. The number of hydrogen-bond donors (Lipinski definition) is 1. The number of ether oxygens (including phenoxy) is 1. The molecule has 2 N–H and O–H groups in total. The van der Waals surface area contributed by atoms with Gasteiger partial charge in [0.05, 0.1) is 29.9 Å². The highest BCUT2D eigenvalue weighted by Crippen LogP contribution is 2.29. The van der Waals surface area contributed by atoms with Gasteiger partial charge in [0.15, 0.2) is 0 Å². The van der Waals surface area contributed by atoms with E-state index in [1.165, 1.54) is 12.1 Å². The molecule has 0 fully saturated rings. The second kappa shape index (κ2) is 7.75. The Balaban J connectivity index is 2.10. The van der Waals surface area contributed by atoms with Crippen LogP contribution in [0, 0.1) is 17.7 Å². The van der Waals surface area contributed by atoms with Crippen LogP contribution in [-0.2, 0) is 11.8 Å². The second-order valence-electron chi connectivity index (χ2n) is 5.89. The van der Waals surface area contributed by atoms with E-state index in [1.807, 2.05) is 7.05 Å². The first-order valence-corrected chi connectivity index (χ1v) is 8.34. The van der Waals surface area contributed by atoms with Crippen LogP contribution in [0.25, 0.3) is 11.3 Å². The molecule has 136 valence electrons. The smallest absolute Gasteiger partial charge is 0.338 e. The molecule has 1 heterocycles. The van der Waals surface area contributed by atoms with Gasteiger partial charge in [0.2, 0.25) is 0 Å². The summed E-state index contributed by atoms with van der Waals surface area (Å²) < 4.78 is 19.9. The number of carbonyl (C=O) groups is 1. The lowest BCUT2D eigenvalue weighted by Gasteiger charge is -2.09. The fourth-order valence-electron chi connectivity index (χ4n) is 2.53. The zero-order valence-electron chi connectivity index (χ0n) is 15.0. The van der Waals surface area contributed by atoms with Crippen molar-refractivity contribution < 1.29 is 13.9 Å². The molecule has 0 unspecified atom stereocenters. The Kier molecular flexibility index (Phi) is 5.23. The molecule has 0 saturated carbocycles. The Morgan fingerprint density at radius 3 is 2.63 bits per heavy atom. The summed E-state index contributed by atoms with van der Waals surface area (Å²) in [5, 5.41) is 0. The zero-order valence-corrected chi connectivity index (χ0v) is 15.0. The van der Waals surface area contributed by atoms with Gasteiger partial charge in [-0.05, 0) is 43.3 Å². The standard InChI is InChI=1S/C21H18FN3O2/c1-3-27-21(26)16-10-15(7-4-14-5-8-17(22)9-6-14)20(23)18(11-16)19-12-25(2)13-24-19/h5-6,8-13H,3,23H2,1-2H3. The highest BCUT2D eigenvalue weighted by molar-refractivity contribution is 5.94. The largest absolute Gasteiger partial charge is 0.462 e. The van der Waals surface area contributed by atoms with E-state index in [0.29, 0.717) is 33.6 Å². The van der Waals surface area contributed by atoms with E-state index >= 15 is 0 Å². The predicted octanol–water partition coefficient (Wildman–Crippen LogP) is 3.38. The van der Waals surface area contributed by atoms with Crippen LogP contribution in [0.15, 0.2) is 48.9 Å². The Morgan fingerprint density at radius 1 is 1.26 bits per heavy atom. The molecule has 3 aromatic rings. The summed E-state index contributed by atoms with van der Waals surface area (Å²) in [6, 6.07) is 9.07. The van der Waals surface area contributed by atoms with Gasteiger partial charge in [-0.25, -0.2) is 14.2 Å². The van der Waals surface area contributed by atoms with Crippen molar-refractivity contribution >= 4 is 11.7 Å².